The highest BCUT2D eigenvalue weighted by molar-refractivity contribution is 5.77. The molecule has 19 heavy (non-hydrogen) atoms. The lowest BCUT2D eigenvalue weighted by Gasteiger charge is -2.44. The second kappa shape index (κ2) is 4.65. The molecule has 96 valence electrons. The van der Waals surface area contributed by atoms with Crippen molar-refractivity contribution in [3.05, 3.63) is 77.0 Å². The Hall–Kier alpha value is -1.90. The number of para-hydroxylation sites is 1. The molecule has 0 spiro atoms. The van der Waals surface area contributed by atoms with Gasteiger partial charge in [0, 0.05) is 17.2 Å². The van der Waals surface area contributed by atoms with Crippen LogP contribution in [0.25, 0.3) is 5.57 Å². The molecule has 0 saturated carbocycles. The van der Waals surface area contributed by atoms with Crippen LogP contribution in [0.15, 0.2) is 60.7 Å². The van der Waals surface area contributed by atoms with Crippen LogP contribution < -0.4 is 4.65 Å². The number of allylic oxidation sites excluding steroid dienone is 1. The first-order valence-electron chi connectivity index (χ1n) is 6.58. The van der Waals surface area contributed by atoms with Crippen molar-refractivity contribution in [1.82, 2.24) is 4.65 Å². The summed E-state index contributed by atoms with van der Waals surface area (Å²) in [6.07, 6.45) is 2.05. The highest BCUT2D eigenvalue weighted by atomic mass is 16.5. The predicted molar refractivity (Wildman–Crippen MR) is 80.3 cm³/mol. The first-order valence-corrected chi connectivity index (χ1v) is 6.58. The van der Waals surface area contributed by atoms with Crippen molar-refractivity contribution >= 4 is 11.3 Å². The molecular formula is C17H17NO. The summed E-state index contributed by atoms with van der Waals surface area (Å²) in [7, 11) is 0. The van der Waals surface area contributed by atoms with Crippen LogP contribution in [0.2, 0.25) is 0 Å². The molecule has 0 N–H and O–H groups in total. The molecule has 3 rings (SSSR count). The number of nitrogens with zero attached hydrogens (tertiary/aromatic N) is 1. The number of hydrogen-bond donors (Lipinski definition) is 0. The number of hydrogen-bond acceptors (Lipinski definition) is 1. The standard InChI is InChI=1S/C17H17NO/c1-14-11-12-18(19,13-15-7-3-2-4-8-15)17-10-6-5-9-16(14)17/h2-11H,12-13H2,1H3. The van der Waals surface area contributed by atoms with Gasteiger partial charge in [-0.3, -0.25) is 0 Å². The van der Waals surface area contributed by atoms with Gasteiger partial charge in [0.2, 0.25) is 0 Å². The van der Waals surface area contributed by atoms with Crippen LogP contribution in [0.3, 0.4) is 0 Å². The lowest BCUT2D eigenvalue weighted by molar-refractivity contribution is 0.396. The Bertz CT molecular complexity index is 618. The second-order valence-electron chi connectivity index (χ2n) is 5.12. The fraction of sp³-hybridized carbons (Fsp3) is 0.176. The summed E-state index contributed by atoms with van der Waals surface area (Å²) in [5.74, 6) is 0. The quantitative estimate of drug-likeness (QED) is 0.582. The van der Waals surface area contributed by atoms with Crippen molar-refractivity contribution in [3.63, 3.8) is 0 Å². The normalized spacial score (nSPS) is 21.7. The molecule has 1 aliphatic rings. The Balaban J connectivity index is 2.02. The number of quaternary nitrogens is 1. The van der Waals surface area contributed by atoms with Gasteiger partial charge in [-0.1, -0.05) is 42.5 Å². The van der Waals surface area contributed by atoms with E-state index < -0.39 is 0 Å². The maximum Gasteiger partial charge on any atom is 0.140 e. The van der Waals surface area contributed by atoms with Crippen molar-refractivity contribution in [3.8, 4) is 0 Å². The van der Waals surface area contributed by atoms with Gasteiger partial charge in [-0.25, -0.2) is 0 Å². The van der Waals surface area contributed by atoms with E-state index in [0.29, 0.717) is 13.1 Å². The van der Waals surface area contributed by atoms with Crippen LogP contribution in [0.5, 0.6) is 0 Å². The van der Waals surface area contributed by atoms with E-state index in [1.54, 1.807) is 0 Å². The molecule has 2 aromatic rings. The highest BCUT2D eigenvalue weighted by Gasteiger charge is 2.27. The Kier molecular flexibility index (Phi) is 2.97. The van der Waals surface area contributed by atoms with E-state index in [4.69, 9.17) is 0 Å². The van der Waals surface area contributed by atoms with Crippen molar-refractivity contribution in [2.75, 3.05) is 6.54 Å². The molecule has 1 heterocycles. The lowest BCUT2D eigenvalue weighted by atomic mass is 9.99. The number of benzene rings is 2. The minimum absolute atomic E-state index is 0.294. The van der Waals surface area contributed by atoms with Crippen molar-refractivity contribution in [2.45, 2.75) is 13.5 Å². The van der Waals surface area contributed by atoms with E-state index in [1.165, 1.54) is 5.57 Å². The fourth-order valence-electron chi connectivity index (χ4n) is 2.68. The van der Waals surface area contributed by atoms with Gasteiger partial charge in [0.25, 0.3) is 0 Å². The Morgan fingerprint density at radius 3 is 2.47 bits per heavy atom. The Labute approximate surface area is 113 Å². The SMILES string of the molecule is CC1=CC[N+]([O-])(Cc2ccccc2)c2ccccc21. The van der Waals surface area contributed by atoms with Gasteiger partial charge in [0.05, 0.1) is 0 Å². The number of rotatable bonds is 2. The zero-order chi connectivity index (χ0) is 13.3. The number of fused-ring (bicyclic) bond motifs is 1. The van der Waals surface area contributed by atoms with Gasteiger partial charge in [0.15, 0.2) is 0 Å². The van der Waals surface area contributed by atoms with Crippen molar-refractivity contribution in [2.24, 2.45) is 0 Å². The van der Waals surface area contributed by atoms with Crippen LogP contribution >= 0.6 is 0 Å². The molecule has 0 aromatic heterocycles. The summed E-state index contributed by atoms with van der Waals surface area (Å²) in [5.41, 5.74) is 4.25. The molecule has 0 radical (unpaired) electrons. The summed E-state index contributed by atoms with van der Waals surface area (Å²) in [4.78, 5) is 0. The van der Waals surface area contributed by atoms with Crippen LogP contribution in [-0.4, -0.2) is 6.54 Å². The van der Waals surface area contributed by atoms with E-state index >= 15 is 0 Å². The summed E-state index contributed by atoms with van der Waals surface area (Å²) in [6, 6.07) is 17.9. The van der Waals surface area contributed by atoms with E-state index in [-0.39, 0.29) is 4.65 Å². The van der Waals surface area contributed by atoms with Gasteiger partial charge >= 0.3 is 0 Å². The van der Waals surface area contributed by atoms with E-state index in [1.807, 2.05) is 54.6 Å². The first kappa shape index (κ1) is 12.2. The Morgan fingerprint density at radius 1 is 1.00 bits per heavy atom. The maximum atomic E-state index is 13.2. The van der Waals surface area contributed by atoms with Crippen LogP contribution in [0, 0.1) is 5.21 Å². The lowest BCUT2D eigenvalue weighted by Crippen LogP contribution is -2.44. The molecule has 1 unspecified atom stereocenters. The van der Waals surface area contributed by atoms with Crippen LogP contribution in [0.1, 0.15) is 18.1 Å². The molecule has 0 aliphatic carbocycles. The number of hydroxylamine groups is 2. The minimum atomic E-state index is -0.294. The van der Waals surface area contributed by atoms with E-state index in [9.17, 15) is 5.21 Å². The van der Waals surface area contributed by atoms with E-state index in [0.717, 1.165) is 16.8 Å². The monoisotopic (exact) mass is 251 g/mol. The first-order chi connectivity index (χ1) is 9.19. The molecular weight excluding hydrogens is 234 g/mol. The van der Waals surface area contributed by atoms with Crippen LogP contribution in [-0.2, 0) is 6.54 Å². The topological polar surface area (TPSA) is 23.1 Å². The zero-order valence-corrected chi connectivity index (χ0v) is 11.0. The summed E-state index contributed by atoms with van der Waals surface area (Å²) < 4.78 is -0.294. The van der Waals surface area contributed by atoms with Gasteiger partial charge in [-0.15, -0.1) is 0 Å². The molecule has 0 bridgehead atoms. The van der Waals surface area contributed by atoms with Crippen molar-refractivity contribution < 1.29 is 0 Å². The van der Waals surface area contributed by atoms with E-state index in [2.05, 4.69) is 13.0 Å². The maximum absolute atomic E-state index is 13.2. The summed E-state index contributed by atoms with van der Waals surface area (Å²) >= 11 is 0. The van der Waals surface area contributed by atoms with Crippen molar-refractivity contribution in [1.29, 1.82) is 0 Å². The molecule has 0 fully saturated rings. The largest absolute Gasteiger partial charge is 0.627 e. The third-order valence-electron chi connectivity index (χ3n) is 3.74. The molecule has 2 heteroatoms. The van der Waals surface area contributed by atoms with Gasteiger partial charge in [0.1, 0.15) is 18.8 Å². The molecule has 0 amide bonds. The minimum Gasteiger partial charge on any atom is -0.627 e. The smallest absolute Gasteiger partial charge is 0.140 e. The Morgan fingerprint density at radius 2 is 1.68 bits per heavy atom. The molecule has 2 nitrogen and oxygen atoms in total. The average Bonchev–Trinajstić information content (AvgIpc) is 2.45. The summed E-state index contributed by atoms with van der Waals surface area (Å²) in [6.45, 7) is 3.07. The predicted octanol–water partition coefficient (Wildman–Crippen LogP) is 4.11. The third kappa shape index (κ3) is 2.21. The average molecular weight is 251 g/mol. The molecule has 0 saturated heterocycles. The molecule has 1 aliphatic heterocycles. The molecule has 2 aromatic carbocycles. The van der Waals surface area contributed by atoms with Gasteiger partial charge in [-0.05, 0) is 24.6 Å². The third-order valence-corrected chi connectivity index (χ3v) is 3.74. The fourth-order valence-corrected chi connectivity index (χ4v) is 2.68. The summed E-state index contributed by atoms with van der Waals surface area (Å²) in [5, 5.41) is 13.2. The highest BCUT2D eigenvalue weighted by Crippen LogP contribution is 2.36. The van der Waals surface area contributed by atoms with Gasteiger partial charge in [-0.2, -0.15) is 0 Å². The van der Waals surface area contributed by atoms with Crippen LogP contribution in [0.4, 0.5) is 5.69 Å². The van der Waals surface area contributed by atoms with Gasteiger partial charge < -0.3 is 9.85 Å². The zero-order valence-electron chi connectivity index (χ0n) is 11.0. The molecule has 1 atom stereocenters. The second-order valence-corrected chi connectivity index (χ2v) is 5.12.